The zero-order valence-corrected chi connectivity index (χ0v) is 7.73. The van der Waals surface area contributed by atoms with Crippen molar-refractivity contribution in [1.29, 1.82) is 0 Å². The van der Waals surface area contributed by atoms with E-state index in [9.17, 15) is 0 Å². The van der Waals surface area contributed by atoms with E-state index in [-0.39, 0.29) is 0 Å². The Bertz CT molecular complexity index is 448. The fourth-order valence-electron chi connectivity index (χ4n) is 2.00. The summed E-state index contributed by atoms with van der Waals surface area (Å²) in [6.07, 6.45) is 5.02. The molecule has 1 heterocycles. The predicted octanol–water partition coefficient (Wildman–Crippen LogP) is 2.23. The van der Waals surface area contributed by atoms with Crippen LogP contribution in [0.1, 0.15) is 17.5 Å². The lowest BCUT2D eigenvalue weighted by molar-refractivity contribution is 0.568. The minimum atomic E-state index is 0.611. The van der Waals surface area contributed by atoms with Crippen LogP contribution in [0.15, 0.2) is 29.0 Å². The van der Waals surface area contributed by atoms with Crippen LogP contribution in [0.2, 0.25) is 0 Å². The summed E-state index contributed by atoms with van der Waals surface area (Å²) in [6.45, 7) is 0. The van der Waals surface area contributed by atoms with Crippen LogP contribution in [0.25, 0.3) is 11.5 Å². The molecule has 1 aromatic heterocycles. The highest BCUT2D eigenvalue weighted by molar-refractivity contribution is 5.56. The fourth-order valence-corrected chi connectivity index (χ4v) is 2.00. The zero-order valence-electron chi connectivity index (χ0n) is 7.73. The molecule has 0 amide bonds. The summed E-state index contributed by atoms with van der Waals surface area (Å²) in [5.41, 5.74) is 3.93. The first-order valence-electron chi connectivity index (χ1n) is 4.82. The Hall–Kier alpha value is -1.64. The summed E-state index contributed by atoms with van der Waals surface area (Å²) >= 11 is 0. The van der Waals surface area contributed by atoms with Crippen LogP contribution in [0.5, 0.6) is 0 Å². The van der Waals surface area contributed by atoms with Crippen LogP contribution < -0.4 is 0 Å². The molecule has 3 rings (SSSR count). The number of fused-ring (bicyclic) bond motifs is 1. The largest absolute Gasteiger partial charge is 0.423 e. The summed E-state index contributed by atoms with van der Waals surface area (Å²) in [6, 6.07) is 6.38. The predicted molar refractivity (Wildman–Crippen MR) is 51.8 cm³/mol. The second-order valence-electron chi connectivity index (χ2n) is 3.58. The Morgan fingerprint density at radius 1 is 1.14 bits per heavy atom. The lowest BCUT2D eigenvalue weighted by Crippen LogP contribution is -1.84. The number of hydrogen-bond acceptors (Lipinski definition) is 3. The molecule has 0 radical (unpaired) electrons. The number of aromatic nitrogens is 2. The molecule has 0 saturated carbocycles. The van der Waals surface area contributed by atoms with Crippen LogP contribution in [0, 0.1) is 0 Å². The molecule has 14 heavy (non-hydrogen) atoms. The maximum absolute atomic E-state index is 5.16. The van der Waals surface area contributed by atoms with E-state index in [1.165, 1.54) is 36.8 Å². The van der Waals surface area contributed by atoms with Crippen molar-refractivity contribution in [1.82, 2.24) is 10.2 Å². The van der Waals surface area contributed by atoms with Gasteiger partial charge in [-0.05, 0) is 42.5 Å². The smallest absolute Gasteiger partial charge is 0.247 e. The molecule has 0 spiro atoms. The first kappa shape index (κ1) is 7.74. The van der Waals surface area contributed by atoms with Crippen molar-refractivity contribution < 1.29 is 4.42 Å². The van der Waals surface area contributed by atoms with E-state index < -0.39 is 0 Å². The highest BCUT2D eigenvalue weighted by Gasteiger charge is 2.12. The lowest BCUT2D eigenvalue weighted by Gasteiger charge is -2.00. The van der Waals surface area contributed by atoms with Gasteiger partial charge in [0.05, 0.1) is 0 Å². The van der Waals surface area contributed by atoms with E-state index in [0.717, 1.165) is 5.56 Å². The SMILES string of the molecule is c1nnc(-c2ccc3c(c2)CCC3)o1. The van der Waals surface area contributed by atoms with Gasteiger partial charge in [0.2, 0.25) is 12.3 Å². The molecule has 0 aliphatic heterocycles. The van der Waals surface area contributed by atoms with Crippen molar-refractivity contribution >= 4 is 0 Å². The second-order valence-corrected chi connectivity index (χ2v) is 3.58. The van der Waals surface area contributed by atoms with Crippen molar-refractivity contribution in [3.05, 3.63) is 35.7 Å². The first-order chi connectivity index (χ1) is 6.93. The molecule has 0 atom stereocenters. The van der Waals surface area contributed by atoms with Gasteiger partial charge in [-0.1, -0.05) is 6.07 Å². The quantitative estimate of drug-likeness (QED) is 0.685. The molecule has 0 N–H and O–H groups in total. The van der Waals surface area contributed by atoms with Gasteiger partial charge in [-0.15, -0.1) is 10.2 Å². The summed E-state index contributed by atoms with van der Waals surface area (Å²) < 4.78 is 5.16. The average molecular weight is 186 g/mol. The monoisotopic (exact) mass is 186 g/mol. The van der Waals surface area contributed by atoms with Crippen molar-refractivity contribution in [2.45, 2.75) is 19.3 Å². The van der Waals surface area contributed by atoms with Crippen LogP contribution in [-0.2, 0) is 12.8 Å². The van der Waals surface area contributed by atoms with Crippen molar-refractivity contribution in [3.8, 4) is 11.5 Å². The normalized spacial score (nSPS) is 14.3. The third-order valence-electron chi connectivity index (χ3n) is 2.71. The van der Waals surface area contributed by atoms with Crippen molar-refractivity contribution in [2.75, 3.05) is 0 Å². The number of hydrogen-bond donors (Lipinski definition) is 0. The number of nitrogens with zero attached hydrogens (tertiary/aromatic N) is 2. The molecular weight excluding hydrogens is 176 g/mol. The van der Waals surface area contributed by atoms with E-state index >= 15 is 0 Å². The maximum Gasteiger partial charge on any atom is 0.247 e. The van der Waals surface area contributed by atoms with Crippen molar-refractivity contribution in [3.63, 3.8) is 0 Å². The minimum Gasteiger partial charge on any atom is -0.423 e. The summed E-state index contributed by atoms with van der Waals surface area (Å²) in [7, 11) is 0. The molecule has 3 nitrogen and oxygen atoms in total. The molecule has 70 valence electrons. The van der Waals surface area contributed by atoms with Crippen molar-refractivity contribution in [2.24, 2.45) is 0 Å². The van der Waals surface area contributed by atoms with Gasteiger partial charge in [0.1, 0.15) is 0 Å². The number of benzene rings is 1. The summed E-state index contributed by atoms with van der Waals surface area (Å²) in [5.74, 6) is 0.611. The summed E-state index contributed by atoms with van der Waals surface area (Å²) in [5, 5.41) is 7.57. The van der Waals surface area contributed by atoms with Gasteiger partial charge in [0.25, 0.3) is 0 Å². The molecule has 3 heteroatoms. The molecule has 0 unspecified atom stereocenters. The van der Waals surface area contributed by atoms with Crippen LogP contribution in [-0.4, -0.2) is 10.2 Å². The van der Waals surface area contributed by atoms with Gasteiger partial charge >= 0.3 is 0 Å². The Morgan fingerprint density at radius 2 is 2.07 bits per heavy atom. The third-order valence-corrected chi connectivity index (χ3v) is 2.71. The van der Waals surface area contributed by atoms with Gasteiger partial charge in [0.15, 0.2) is 0 Å². The second kappa shape index (κ2) is 2.94. The van der Waals surface area contributed by atoms with Gasteiger partial charge in [-0.2, -0.15) is 0 Å². The Kier molecular flexibility index (Phi) is 1.63. The van der Waals surface area contributed by atoms with Gasteiger partial charge in [0, 0.05) is 5.56 Å². The molecule has 2 aromatic rings. The average Bonchev–Trinajstić information content (AvgIpc) is 2.88. The minimum absolute atomic E-state index is 0.611. The van der Waals surface area contributed by atoms with Crippen LogP contribution in [0.3, 0.4) is 0 Å². The van der Waals surface area contributed by atoms with Crippen LogP contribution >= 0.6 is 0 Å². The Balaban J connectivity index is 2.09. The topological polar surface area (TPSA) is 38.9 Å². The standard InChI is InChI=1S/C11H10N2O/c1-2-8-4-5-10(6-9(8)3-1)11-13-12-7-14-11/h4-7H,1-3H2. The van der Waals surface area contributed by atoms with Gasteiger partial charge in [-0.3, -0.25) is 0 Å². The Morgan fingerprint density at radius 3 is 2.93 bits per heavy atom. The molecule has 1 aromatic carbocycles. The Labute approximate surface area is 81.8 Å². The molecule has 0 bridgehead atoms. The van der Waals surface area contributed by atoms with Crippen LogP contribution in [0.4, 0.5) is 0 Å². The zero-order chi connectivity index (χ0) is 9.38. The van der Waals surface area contributed by atoms with Gasteiger partial charge in [-0.25, -0.2) is 0 Å². The molecule has 1 aliphatic rings. The van der Waals surface area contributed by atoms with Gasteiger partial charge < -0.3 is 4.42 Å². The summed E-state index contributed by atoms with van der Waals surface area (Å²) in [4.78, 5) is 0. The number of rotatable bonds is 1. The highest BCUT2D eigenvalue weighted by atomic mass is 16.4. The van der Waals surface area contributed by atoms with E-state index in [2.05, 4.69) is 28.4 Å². The molecular formula is C11H10N2O. The number of aryl methyl sites for hydroxylation is 2. The fraction of sp³-hybridized carbons (Fsp3) is 0.273. The lowest BCUT2D eigenvalue weighted by atomic mass is 10.1. The molecule has 1 aliphatic carbocycles. The molecule has 0 saturated heterocycles. The maximum atomic E-state index is 5.16. The highest BCUT2D eigenvalue weighted by Crippen LogP contribution is 2.26. The van der Waals surface area contributed by atoms with E-state index in [0.29, 0.717) is 5.89 Å². The van der Waals surface area contributed by atoms with E-state index in [4.69, 9.17) is 4.42 Å². The van der Waals surface area contributed by atoms with E-state index in [1.54, 1.807) is 0 Å². The molecule has 0 fully saturated rings. The van der Waals surface area contributed by atoms with E-state index in [1.807, 2.05) is 0 Å². The first-order valence-corrected chi connectivity index (χ1v) is 4.82. The third kappa shape index (κ3) is 1.13.